The predicted octanol–water partition coefficient (Wildman–Crippen LogP) is 3.16. The van der Waals surface area contributed by atoms with Crippen molar-refractivity contribution in [3.05, 3.63) is 22.4 Å². The maximum absolute atomic E-state index is 12.1. The third kappa shape index (κ3) is 6.76. The van der Waals surface area contributed by atoms with Gasteiger partial charge in [0, 0.05) is 11.3 Å². The third-order valence-corrected chi connectivity index (χ3v) is 3.76. The Bertz CT molecular complexity index is 460. The summed E-state index contributed by atoms with van der Waals surface area (Å²) in [4.78, 5) is 25.3. The van der Waals surface area contributed by atoms with Crippen LogP contribution >= 0.6 is 11.3 Å². The van der Waals surface area contributed by atoms with Crippen LogP contribution < -0.4 is 5.32 Å². The number of aryl methyl sites for hydroxylation is 1. The second kappa shape index (κ2) is 7.59. The summed E-state index contributed by atoms with van der Waals surface area (Å²) >= 11 is 1.63. The Labute approximate surface area is 130 Å². The number of hydrogen-bond donors (Lipinski definition) is 1. The van der Waals surface area contributed by atoms with E-state index < -0.39 is 11.6 Å². The van der Waals surface area contributed by atoms with Crippen molar-refractivity contribution in [1.29, 1.82) is 0 Å². The van der Waals surface area contributed by atoms with Crippen LogP contribution in [-0.2, 0) is 20.7 Å². The summed E-state index contributed by atoms with van der Waals surface area (Å²) < 4.78 is 5.36. The number of carbonyl (C=O) groups excluding carboxylic acids is 2. The van der Waals surface area contributed by atoms with Crippen LogP contribution in [0.3, 0.4) is 0 Å². The van der Waals surface area contributed by atoms with Crippen molar-refractivity contribution < 1.29 is 14.3 Å². The molecular weight excluding hydrogens is 286 g/mol. The van der Waals surface area contributed by atoms with Gasteiger partial charge in [-0.1, -0.05) is 19.9 Å². The van der Waals surface area contributed by atoms with Gasteiger partial charge < -0.3 is 10.1 Å². The highest BCUT2D eigenvalue weighted by Gasteiger charge is 2.28. The van der Waals surface area contributed by atoms with Crippen molar-refractivity contribution in [2.45, 2.75) is 59.1 Å². The lowest BCUT2D eigenvalue weighted by Crippen LogP contribution is -2.47. The van der Waals surface area contributed by atoms with Gasteiger partial charge in [-0.15, -0.1) is 11.3 Å². The lowest BCUT2D eigenvalue weighted by atomic mass is 10.0. The minimum absolute atomic E-state index is 0.00876. The normalized spacial score (nSPS) is 13.0. The smallest absolute Gasteiger partial charge is 0.329 e. The molecule has 1 N–H and O–H groups in total. The van der Waals surface area contributed by atoms with E-state index in [-0.39, 0.29) is 17.8 Å². The summed E-state index contributed by atoms with van der Waals surface area (Å²) in [5.74, 6) is -0.500. The Morgan fingerprint density at radius 1 is 1.33 bits per heavy atom. The Kier molecular flexibility index (Phi) is 6.40. The molecular formula is C16H25NO3S. The van der Waals surface area contributed by atoms with Crippen molar-refractivity contribution >= 4 is 23.2 Å². The number of rotatable bonds is 6. The Morgan fingerprint density at radius 3 is 2.48 bits per heavy atom. The molecule has 1 heterocycles. The molecule has 0 saturated heterocycles. The van der Waals surface area contributed by atoms with Gasteiger partial charge in [-0.3, -0.25) is 4.79 Å². The molecule has 0 unspecified atom stereocenters. The average Bonchev–Trinajstić information content (AvgIpc) is 2.83. The van der Waals surface area contributed by atoms with Gasteiger partial charge in [-0.05, 0) is 44.6 Å². The largest absolute Gasteiger partial charge is 0.458 e. The number of hydrogen-bond acceptors (Lipinski definition) is 4. The number of carbonyl (C=O) groups is 2. The molecule has 0 spiro atoms. The molecule has 1 aromatic heterocycles. The summed E-state index contributed by atoms with van der Waals surface area (Å²) in [7, 11) is 0. The fourth-order valence-corrected chi connectivity index (χ4v) is 2.51. The number of ether oxygens (including phenoxy) is 1. The zero-order valence-electron chi connectivity index (χ0n) is 13.4. The van der Waals surface area contributed by atoms with E-state index in [1.807, 2.05) is 52.1 Å². The molecule has 0 aliphatic carbocycles. The Morgan fingerprint density at radius 2 is 2.00 bits per heavy atom. The molecule has 1 aromatic rings. The Balaban J connectivity index is 2.53. The number of amides is 1. The van der Waals surface area contributed by atoms with Crippen LogP contribution in [-0.4, -0.2) is 23.5 Å². The minimum atomic E-state index is -0.597. The Hall–Kier alpha value is -1.36. The first-order valence-electron chi connectivity index (χ1n) is 7.23. The van der Waals surface area contributed by atoms with Crippen LogP contribution in [0.1, 0.15) is 45.9 Å². The van der Waals surface area contributed by atoms with Crippen molar-refractivity contribution in [1.82, 2.24) is 5.32 Å². The van der Waals surface area contributed by atoms with E-state index in [0.29, 0.717) is 12.8 Å². The summed E-state index contributed by atoms with van der Waals surface area (Å²) in [6.07, 6.45) is 1.08. The first kappa shape index (κ1) is 17.7. The van der Waals surface area contributed by atoms with Gasteiger partial charge in [0.25, 0.3) is 0 Å². The molecule has 0 fully saturated rings. The molecule has 118 valence electrons. The fourth-order valence-electron chi connectivity index (χ4n) is 1.80. The quantitative estimate of drug-likeness (QED) is 0.821. The van der Waals surface area contributed by atoms with E-state index in [1.165, 1.54) is 4.88 Å². The predicted molar refractivity (Wildman–Crippen MR) is 85.3 cm³/mol. The molecule has 0 aliphatic heterocycles. The number of esters is 1. The summed E-state index contributed by atoms with van der Waals surface area (Å²) in [6, 6.07) is 3.38. The van der Waals surface area contributed by atoms with Crippen LogP contribution in [0.2, 0.25) is 0 Å². The van der Waals surface area contributed by atoms with Crippen LogP contribution in [0, 0.1) is 5.92 Å². The topological polar surface area (TPSA) is 55.4 Å². The second-order valence-electron chi connectivity index (χ2n) is 6.40. The van der Waals surface area contributed by atoms with Gasteiger partial charge in [-0.25, -0.2) is 4.79 Å². The molecule has 1 amide bonds. The summed E-state index contributed by atoms with van der Waals surface area (Å²) in [5.41, 5.74) is -0.550. The standard InChI is InChI=1S/C16H25NO3S/c1-11(2)14(15(19)20-16(3,4)5)17-13(18)9-8-12-7-6-10-21-12/h6-7,10-11,14H,8-9H2,1-5H3,(H,17,18)/t14-/m0/s1. The van der Waals surface area contributed by atoms with Crippen molar-refractivity contribution in [2.75, 3.05) is 0 Å². The molecule has 0 radical (unpaired) electrons. The van der Waals surface area contributed by atoms with Gasteiger partial charge in [0.2, 0.25) is 5.91 Å². The second-order valence-corrected chi connectivity index (χ2v) is 7.43. The molecule has 4 nitrogen and oxygen atoms in total. The molecule has 0 aliphatic rings. The molecule has 1 atom stereocenters. The first-order chi connectivity index (χ1) is 9.69. The highest BCUT2D eigenvalue weighted by molar-refractivity contribution is 7.09. The van der Waals surface area contributed by atoms with E-state index in [2.05, 4.69) is 5.32 Å². The van der Waals surface area contributed by atoms with Gasteiger partial charge in [0.15, 0.2) is 0 Å². The zero-order chi connectivity index (χ0) is 16.0. The van der Waals surface area contributed by atoms with Gasteiger partial charge in [0.05, 0.1) is 0 Å². The van der Waals surface area contributed by atoms with Crippen LogP contribution in [0.5, 0.6) is 0 Å². The molecule has 5 heteroatoms. The minimum Gasteiger partial charge on any atom is -0.458 e. The first-order valence-corrected chi connectivity index (χ1v) is 8.11. The van der Waals surface area contributed by atoms with Crippen LogP contribution in [0.4, 0.5) is 0 Å². The number of thiophene rings is 1. The van der Waals surface area contributed by atoms with E-state index in [4.69, 9.17) is 4.74 Å². The molecule has 0 saturated carbocycles. The highest BCUT2D eigenvalue weighted by atomic mass is 32.1. The number of nitrogens with one attached hydrogen (secondary N) is 1. The van der Waals surface area contributed by atoms with E-state index in [9.17, 15) is 9.59 Å². The van der Waals surface area contributed by atoms with Gasteiger partial charge in [-0.2, -0.15) is 0 Å². The van der Waals surface area contributed by atoms with Crippen LogP contribution in [0.15, 0.2) is 17.5 Å². The maximum atomic E-state index is 12.1. The molecule has 21 heavy (non-hydrogen) atoms. The average molecular weight is 311 g/mol. The SMILES string of the molecule is CC(C)[C@H](NC(=O)CCc1cccs1)C(=O)OC(C)(C)C. The highest BCUT2D eigenvalue weighted by Crippen LogP contribution is 2.14. The lowest BCUT2D eigenvalue weighted by Gasteiger charge is -2.26. The third-order valence-electron chi connectivity index (χ3n) is 2.82. The van der Waals surface area contributed by atoms with Crippen LogP contribution in [0.25, 0.3) is 0 Å². The maximum Gasteiger partial charge on any atom is 0.329 e. The van der Waals surface area contributed by atoms with E-state index in [1.54, 1.807) is 11.3 Å². The summed E-state index contributed by atoms with van der Waals surface area (Å²) in [6.45, 7) is 9.25. The lowest BCUT2D eigenvalue weighted by molar-refractivity contribution is -0.160. The fraction of sp³-hybridized carbons (Fsp3) is 0.625. The molecule has 0 bridgehead atoms. The molecule has 1 rings (SSSR count). The van der Waals surface area contributed by atoms with Crippen molar-refractivity contribution in [2.24, 2.45) is 5.92 Å². The van der Waals surface area contributed by atoms with Crippen molar-refractivity contribution in [3.8, 4) is 0 Å². The molecule has 0 aromatic carbocycles. The summed E-state index contributed by atoms with van der Waals surface area (Å²) in [5, 5.41) is 4.78. The van der Waals surface area contributed by atoms with Gasteiger partial charge >= 0.3 is 5.97 Å². The van der Waals surface area contributed by atoms with Gasteiger partial charge in [0.1, 0.15) is 11.6 Å². The van der Waals surface area contributed by atoms with E-state index in [0.717, 1.165) is 0 Å². The van der Waals surface area contributed by atoms with E-state index >= 15 is 0 Å². The monoisotopic (exact) mass is 311 g/mol. The zero-order valence-corrected chi connectivity index (χ0v) is 14.3. The van der Waals surface area contributed by atoms with Crippen molar-refractivity contribution in [3.63, 3.8) is 0 Å².